The SMILES string of the molecule is CCCCN(C)C(=O)c1cc(C=O)c[nH]1. The topological polar surface area (TPSA) is 53.2 Å². The third-order valence-electron chi connectivity index (χ3n) is 2.27. The summed E-state index contributed by atoms with van der Waals surface area (Å²) in [5.41, 5.74) is 0.970. The first-order valence-corrected chi connectivity index (χ1v) is 5.08. The number of H-pyrrole nitrogens is 1. The lowest BCUT2D eigenvalue weighted by molar-refractivity contribution is 0.0788. The molecule has 1 heterocycles. The molecule has 1 aromatic rings. The normalized spacial score (nSPS) is 10.0. The van der Waals surface area contributed by atoms with Crippen molar-refractivity contribution in [3.63, 3.8) is 0 Å². The molecule has 1 aromatic heterocycles. The number of aromatic amines is 1. The van der Waals surface area contributed by atoms with Crippen molar-refractivity contribution in [1.82, 2.24) is 9.88 Å². The van der Waals surface area contributed by atoms with Crippen molar-refractivity contribution in [3.8, 4) is 0 Å². The lowest BCUT2D eigenvalue weighted by atomic mass is 10.3. The molecular weight excluding hydrogens is 192 g/mol. The molecule has 0 atom stereocenters. The van der Waals surface area contributed by atoms with Crippen molar-refractivity contribution in [2.24, 2.45) is 0 Å². The Labute approximate surface area is 89.3 Å². The molecule has 82 valence electrons. The number of carbonyl (C=O) groups is 2. The Balaban J connectivity index is 2.62. The van der Waals surface area contributed by atoms with Crippen LogP contribution in [0.2, 0.25) is 0 Å². The highest BCUT2D eigenvalue weighted by Gasteiger charge is 2.12. The molecule has 0 saturated carbocycles. The van der Waals surface area contributed by atoms with Gasteiger partial charge in [0.25, 0.3) is 5.91 Å². The van der Waals surface area contributed by atoms with E-state index in [0.717, 1.165) is 25.7 Å². The molecule has 4 heteroatoms. The van der Waals surface area contributed by atoms with Crippen molar-refractivity contribution in [1.29, 1.82) is 0 Å². The predicted octanol–water partition coefficient (Wildman–Crippen LogP) is 1.70. The van der Waals surface area contributed by atoms with Crippen LogP contribution in [0.25, 0.3) is 0 Å². The van der Waals surface area contributed by atoms with Crippen molar-refractivity contribution >= 4 is 12.2 Å². The van der Waals surface area contributed by atoms with Gasteiger partial charge in [-0.25, -0.2) is 0 Å². The number of nitrogens with one attached hydrogen (secondary N) is 1. The van der Waals surface area contributed by atoms with Crippen LogP contribution in [-0.4, -0.2) is 35.7 Å². The van der Waals surface area contributed by atoms with Gasteiger partial charge in [0, 0.05) is 25.4 Å². The zero-order valence-electron chi connectivity index (χ0n) is 9.12. The fourth-order valence-corrected chi connectivity index (χ4v) is 1.31. The molecule has 0 aliphatic rings. The molecule has 0 aliphatic heterocycles. The number of rotatable bonds is 5. The highest BCUT2D eigenvalue weighted by molar-refractivity contribution is 5.94. The van der Waals surface area contributed by atoms with E-state index in [1.807, 2.05) is 0 Å². The highest BCUT2D eigenvalue weighted by Crippen LogP contribution is 2.05. The minimum Gasteiger partial charge on any atom is -0.356 e. The molecule has 1 rings (SSSR count). The van der Waals surface area contributed by atoms with Crippen LogP contribution in [0, 0.1) is 0 Å². The minimum absolute atomic E-state index is 0.0726. The molecule has 0 radical (unpaired) electrons. The van der Waals surface area contributed by atoms with E-state index in [1.54, 1.807) is 18.0 Å². The van der Waals surface area contributed by atoms with Gasteiger partial charge in [-0.2, -0.15) is 0 Å². The largest absolute Gasteiger partial charge is 0.356 e. The number of amides is 1. The number of unbranched alkanes of at least 4 members (excludes halogenated alkanes) is 1. The summed E-state index contributed by atoms with van der Waals surface area (Å²) in [4.78, 5) is 26.6. The summed E-state index contributed by atoms with van der Waals surface area (Å²) >= 11 is 0. The fraction of sp³-hybridized carbons (Fsp3) is 0.455. The van der Waals surface area contributed by atoms with E-state index in [1.165, 1.54) is 6.20 Å². The maximum Gasteiger partial charge on any atom is 0.270 e. The van der Waals surface area contributed by atoms with Crippen LogP contribution in [0.5, 0.6) is 0 Å². The summed E-state index contributed by atoms with van der Waals surface area (Å²) in [5.74, 6) is -0.0726. The molecule has 0 unspecified atom stereocenters. The van der Waals surface area contributed by atoms with Gasteiger partial charge in [-0.15, -0.1) is 0 Å². The van der Waals surface area contributed by atoms with Crippen molar-refractivity contribution in [3.05, 3.63) is 23.5 Å². The molecule has 0 aromatic carbocycles. The molecule has 0 fully saturated rings. The smallest absolute Gasteiger partial charge is 0.270 e. The number of nitrogens with zero attached hydrogens (tertiary/aromatic N) is 1. The zero-order chi connectivity index (χ0) is 11.3. The van der Waals surface area contributed by atoms with E-state index in [4.69, 9.17) is 0 Å². The van der Waals surface area contributed by atoms with Gasteiger partial charge in [-0.1, -0.05) is 13.3 Å². The van der Waals surface area contributed by atoms with Gasteiger partial charge in [-0.05, 0) is 12.5 Å². The summed E-state index contributed by atoms with van der Waals surface area (Å²) in [6, 6.07) is 1.57. The Morgan fingerprint density at radius 1 is 1.60 bits per heavy atom. The van der Waals surface area contributed by atoms with Gasteiger partial charge in [0.2, 0.25) is 0 Å². The maximum atomic E-state index is 11.8. The molecule has 4 nitrogen and oxygen atoms in total. The average molecular weight is 208 g/mol. The Hall–Kier alpha value is -1.58. The van der Waals surface area contributed by atoms with E-state index < -0.39 is 0 Å². The van der Waals surface area contributed by atoms with E-state index in [0.29, 0.717) is 11.3 Å². The number of hydrogen-bond acceptors (Lipinski definition) is 2. The van der Waals surface area contributed by atoms with Gasteiger partial charge >= 0.3 is 0 Å². The molecule has 0 bridgehead atoms. The van der Waals surface area contributed by atoms with E-state index in [-0.39, 0.29) is 5.91 Å². The summed E-state index contributed by atoms with van der Waals surface area (Å²) < 4.78 is 0. The summed E-state index contributed by atoms with van der Waals surface area (Å²) in [5, 5.41) is 0. The molecule has 15 heavy (non-hydrogen) atoms. The Morgan fingerprint density at radius 2 is 2.33 bits per heavy atom. The number of hydrogen-bond donors (Lipinski definition) is 1. The van der Waals surface area contributed by atoms with E-state index in [9.17, 15) is 9.59 Å². The first kappa shape index (κ1) is 11.5. The Morgan fingerprint density at radius 3 is 2.87 bits per heavy atom. The van der Waals surface area contributed by atoms with Gasteiger partial charge < -0.3 is 9.88 Å². The zero-order valence-corrected chi connectivity index (χ0v) is 9.12. The lowest BCUT2D eigenvalue weighted by Crippen LogP contribution is -2.27. The summed E-state index contributed by atoms with van der Waals surface area (Å²) in [6.45, 7) is 2.82. The van der Waals surface area contributed by atoms with Crippen molar-refractivity contribution in [2.45, 2.75) is 19.8 Å². The standard InChI is InChI=1S/C11H16N2O2/c1-3-4-5-13(2)11(15)10-6-9(8-14)7-12-10/h6-8,12H,3-5H2,1-2H3. The molecule has 0 aliphatic carbocycles. The molecule has 0 saturated heterocycles. The van der Waals surface area contributed by atoms with Gasteiger partial charge in [0.1, 0.15) is 5.69 Å². The molecule has 1 N–H and O–H groups in total. The monoisotopic (exact) mass is 208 g/mol. The fourth-order valence-electron chi connectivity index (χ4n) is 1.31. The number of aldehydes is 1. The third-order valence-corrected chi connectivity index (χ3v) is 2.27. The second kappa shape index (κ2) is 5.34. The second-order valence-electron chi connectivity index (χ2n) is 3.54. The quantitative estimate of drug-likeness (QED) is 0.749. The summed E-state index contributed by atoms with van der Waals surface area (Å²) in [7, 11) is 1.76. The molecule has 0 spiro atoms. The van der Waals surface area contributed by atoms with Gasteiger partial charge in [0.05, 0.1) is 0 Å². The first-order chi connectivity index (χ1) is 7.19. The lowest BCUT2D eigenvalue weighted by Gasteiger charge is -2.15. The van der Waals surface area contributed by atoms with Crippen LogP contribution in [0.4, 0.5) is 0 Å². The van der Waals surface area contributed by atoms with Gasteiger partial charge in [0.15, 0.2) is 6.29 Å². The van der Waals surface area contributed by atoms with E-state index >= 15 is 0 Å². The van der Waals surface area contributed by atoms with Crippen LogP contribution in [0.15, 0.2) is 12.3 Å². The first-order valence-electron chi connectivity index (χ1n) is 5.08. The predicted molar refractivity (Wildman–Crippen MR) is 58.0 cm³/mol. The van der Waals surface area contributed by atoms with Crippen LogP contribution >= 0.6 is 0 Å². The van der Waals surface area contributed by atoms with Crippen LogP contribution in [0.3, 0.4) is 0 Å². The van der Waals surface area contributed by atoms with Gasteiger partial charge in [-0.3, -0.25) is 9.59 Å². The minimum atomic E-state index is -0.0726. The molecular formula is C11H16N2O2. The van der Waals surface area contributed by atoms with Crippen LogP contribution in [-0.2, 0) is 0 Å². The van der Waals surface area contributed by atoms with Crippen LogP contribution < -0.4 is 0 Å². The van der Waals surface area contributed by atoms with E-state index in [2.05, 4.69) is 11.9 Å². The average Bonchev–Trinajstić information content (AvgIpc) is 2.73. The van der Waals surface area contributed by atoms with Crippen LogP contribution in [0.1, 0.15) is 40.6 Å². The van der Waals surface area contributed by atoms with Crippen molar-refractivity contribution < 1.29 is 9.59 Å². The number of carbonyl (C=O) groups excluding carboxylic acids is 2. The Bertz CT molecular complexity index is 344. The second-order valence-corrected chi connectivity index (χ2v) is 3.54. The summed E-state index contributed by atoms with van der Waals surface area (Å²) in [6.07, 6.45) is 4.30. The maximum absolute atomic E-state index is 11.8. The highest BCUT2D eigenvalue weighted by atomic mass is 16.2. The van der Waals surface area contributed by atoms with Crippen molar-refractivity contribution in [2.75, 3.05) is 13.6 Å². The molecule has 1 amide bonds. The third kappa shape index (κ3) is 2.94. The Kier molecular flexibility index (Phi) is 4.09. The number of aromatic nitrogens is 1.